The standard InChI is InChI=1S/C9H13NO/c1-4-8-9(7(3)11)6(2)5-10-8/h5,10H,4H2,1-3H3. The summed E-state index contributed by atoms with van der Waals surface area (Å²) in [5, 5.41) is 0. The lowest BCUT2D eigenvalue weighted by molar-refractivity contribution is 0.101. The van der Waals surface area contributed by atoms with Gasteiger partial charge in [-0.2, -0.15) is 0 Å². The summed E-state index contributed by atoms with van der Waals surface area (Å²) in [5.41, 5.74) is 2.97. The van der Waals surface area contributed by atoms with Gasteiger partial charge in [-0.05, 0) is 25.8 Å². The Morgan fingerprint density at radius 1 is 1.64 bits per heavy atom. The molecule has 1 heterocycles. The fourth-order valence-corrected chi connectivity index (χ4v) is 1.35. The summed E-state index contributed by atoms with van der Waals surface area (Å²) >= 11 is 0. The van der Waals surface area contributed by atoms with Crippen LogP contribution in [0.3, 0.4) is 0 Å². The predicted octanol–water partition coefficient (Wildman–Crippen LogP) is 2.09. The zero-order chi connectivity index (χ0) is 8.43. The summed E-state index contributed by atoms with van der Waals surface area (Å²) in [6.07, 6.45) is 2.78. The Morgan fingerprint density at radius 3 is 2.64 bits per heavy atom. The summed E-state index contributed by atoms with van der Waals surface area (Å²) in [4.78, 5) is 14.2. The van der Waals surface area contributed by atoms with E-state index in [2.05, 4.69) is 4.98 Å². The van der Waals surface area contributed by atoms with Gasteiger partial charge in [-0.15, -0.1) is 0 Å². The molecule has 1 N–H and O–H groups in total. The molecule has 0 atom stereocenters. The van der Waals surface area contributed by atoms with Gasteiger partial charge in [-0.3, -0.25) is 4.79 Å². The highest BCUT2D eigenvalue weighted by Gasteiger charge is 2.09. The lowest BCUT2D eigenvalue weighted by Gasteiger charge is -1.96. The lowest BCUT2D eigenvalue weighted by Crippen LogP contribution is -1.97. The number of aryl methyl sites for hydroxylation is 2. The second-order valence-corrected chi connectivity index (χ2v) is 2.73. The Kier molecular flexibility index (Phi) is 2.13. The number of carbonyl (C=O) groups excluding carboxylic acids is 1. The summed E-state index contributed by atoms with van der Waals surface area (Å²) in [5.74, 6) is 0.153. The molecule has 0 unspecified atom stereocenters. The van der Waals surface area contributed by atoms with Crippen LogP contribution in [-0.2, 0) is 6.42 Å². The smallest absolute Gasteiger partial charge is 0.161 e. The third-order valence-electron chi connectivity index (χ3n) is 1.86. The number of Topliss-reactive ketones (excluding diaryl/α,β-unsaturated/α-hetero) is 1. The van der Waals surface area contributed by atoms with Gasteiger partial charge in [-0.25, -0.2) is 0 Å². The van der Waals surface area contributed by atoms with Crippen LogP contribution >= 0.6 is 0 Å². The van der Waals surface area contributed by atoms with Crippen molar-refractivity contribution in [2.24, 2.45) is 0 Å². The highest BCUT2D eigenvalue weighted by atomic mass is 16.1. The van der Waals surface area contributed by atoms with E-state index < -0.39 is 0 Å². The minimum Gasteiger partial charge on any atom is -0.364 e. The number of hydrogen-bond acceptors (Lipinski definition) is 1. The molecule has 2 nitrogen and oxygen atoms in total. The van der Waals surface area contributed by atoms with E-state index >= 15 is 0 Å². The molecule has 60 valence electrons. The number of carbonyl (C=O) groups is 1. The molecule has 0 amide bonds. The van der Waals surface area contributed by atoms with Crippen LogP contribution < -0.4 is 0 Å². The number of aromatic nitrogens is 1. The van der Waals surface area contributed by atoms with Crippen LogP contribution in [0.4, 0.5) is 0 Å². The van der Waals surface area contributed by atoms with Crippen LogP contribution in [0.15, 0.2) is 6.20 Å². The minimum absolute atomic E-state index is 0.153. The maximum atomic E-state index is 11.1. The van der Waals surface area contributed by atoms with Gasteiger partial charge in [0.1, 0.15) is 0 Å². The number of ketones is 1. The molecule has 0 spiro atoms. The van der Waals surface area contributed by atoms with Crippen molar-refractivity contribution in [1.29, 1.82) is 0 Å². The van der Waals surface area contributed by atoms with Gasteiger partial charge in [0.15, 0.2) is 5.78 Å². The van der Waals surface area contributed by atoms with Crippen LogP contribution in [0.25, 0.3) is 0 Å². The number of hydrogen-bond donors (Lipinski definition) is 1. The molecule has 2 heteroatoms. The molecule has 0 radical (unpaired) electrons. The lowest BCUT2D eigenvalue weighted by atomic mass is 10.1. The minimum atomic E-state index is 0.153. The topological polar surface area (TPSA) is 32.9 Å². The van der Waals surface area contributed by atoms with Crippen molar-refractivity contribution in [3.63, 3.8) is 0 Å². The van der Waals surface area contributed by atoms with Gasteiger partial charge < -0.3 is 4.98 Å². The molecule has 11 heavy (non-hydrogen) atoms. The number of rotatable bonds is 2. The third-order valence-corrected chi connectivity index (χ3v) is 1.86. The van der Waals surface area contributed by atoms with Gasteiger partial charge in [0.25, 0.3) is 0 Å². The number of aromatic amines is 1. The number of nitrogens with one attached hydrogen (secondary N) is 1. The molecule has 0 aliphatic carbocycles. The highest BCUT2D eigenvalue weighted by molar-refractivity contribution is 5.96. The summed E-state index contributed by atoms with van der Waals surface area (Å²) < 4.78 is 0. The first-order chi connectivity index (χ1) is 5.16. The molecule has 0 saturated heterocycles. The van der Waals surface area contributed by atoms with E-state index in [1.165, 1.54) is 0 Å². The quantitative estimate of drug-likeness (QED) is 0.645. The van der Waals surface area contributed by atoms with E-state index in [-0.39, 0.29) is 5.78 Å². The van der Waals surface area contributed by atoms with E-state index in [4.69, 9.17) is 0 Å². The average molecular weight is 151 g/mol. The Balaban J connectivity index is 3.17. The molecule has 0 aliphatic heterocycles. The molecule has 1 aromatic heterocycles. The van der Waals surface area contributed by atoms with Gasteiger partial charge in [-0.1, -0.05) is 6.92 Å². The van der Waals surface area contributed by atoms with Gasteiger partial charge in [0, 0.05) is 17.5 Å². The van der Waals surface area contributed by atoms with E-state index in [0.717, 1.165) is 23.2 Å². The van der Waals surface area contributed by atoms with Crippen molar-refractivity contribution in [3.8, 4) is 0 Å². The molecule has 0 bridgehead atoms. The number of H-pyrrole nitrogens is 1. The van der Waals surface area contributed by atoms with E-state index in [9.17, 15) is 4.79 Å². The largest absolute Gasteiger partial charge is 0.364 e. The molecular formula is C9H13NO. The van der Waals surface area contributed by atoms with Gasteiger partial charge in [0.05, 0.1) is 0 Å². The second-order valence-electron chi connectivity index (χ2n) is 2.73. The van der Waals surface area contributed by atoms with E-state index in [0.29, 0.717) is 0 Å². The predicted molar refractivity (Wildman–Crippen MR) is 44.9 cm³/mol. The monoisotopic (exact) mass is 151 g/mol. The zero-order valence-electron chi connectivity index (χ0n) is 7.19. The molecular weight excluding hydrogens is 138 g/mol. The summed E-state index contributed by atoms with van der Waals surface area (Å²) in [6, 6.07) is 0. The molecule has 1 aromatic rings. The fraction of sp³-hybridized carbons (Fsp3) is 0.444. The van der Waals surface area contributed by atoms with Crippen molar-refractivity contribution < 1.29 is 4.79 Å². The molecule has 0 aromatic carbocycles. The Labute approximate surface area is 66.6 Å². The van der Waals surface area contributed by atoms with Crippen molar-refractivity contribution >= 4 is 5.78 Å². The Bertz CT molecular complexity index is 273. The van der Waals surface area contributed by atoms with Crippen molar-refractivity contribution in [1.82, 2.24) is 4.98 Å². The second kappa shape index (κ2) is 2.91. The van der Waals surface area contributed by atoms with E-state index in [1.54, 1.807) is 6.92 Å². The van der Waals surface area contributed by atoms with Crippen LogP contribution in [0.2, 0.25) is 0 Å². The van der Waals surface area contributed by atoms with Gasteiger partial charge >= 0.3 is 0 Å². The first-order valence-corrected chi connectivity index (χ1v) is 3.84. The van der Waals surface area contributed by atoms with Gasteiger partial charge in [0.2, 0.25) is 0 Å². The highest BCUT2D eigenvalue weighted by Crippen LogP contribution is 2.13. The molecule has 0 fully saturated rings. The van der Waals surface area contributed by atoms with Crippen LogP contribution in [0.5, 0.6) is 0 Å². The first-order valence-electron chi connectivity index (χ1n) is 3.84. The molecule has 0 aliphatic rings. The SMILES string of the molecule is CCc1[nH]cc(C)c1C(C)=O. The normalized spacial score (nSPS) is 10.1. The van der Waals surface area contributed by atoms with Crippen molar-refractivity contribution in [2.75, 3.05) is 0 Å². The maximum Gasteiger partial charge on any atom is 0.161 e. The van der Waals surface area contributed by atoms with E-state index in [1.807, 2.05) is 20.0 Å². The van der Waals surface area contributed by atoms with Crippen LogP contribution in [0, 0.1) is 6.92 Å². The summed E-state index contributed by atoms with van der Waals surface area (Å²) in [6.45, 7) is 5.60. The fourth-order valence-electron chi connectivity index (χ4n) is 1.35. The zero-order valence-corrected chi connectivity index (χ0v) is 7.19. The van der Waals surface area contributed by atoms with Crippen molar-refractivity contribution in [2.45, 2.75) is 27.2 Å². The Morgan fingerprint density at radius 2 is 2.27 bits per heavy atom. The van der Waals surface area contributed by atoms with Crippen LogP contribution in [-0.4, -0.2) is 10.8 Å². The maximum absolute atomic E-state index is 11.1. The van der Waals surface area contributed by atoms with Crippen LogP contribution in [0.1, 0.15) is 35.5 Å². The molecule has 0 saturated carbocycles. The average Bonchev–Trinajstić information content (AvgIpc) is 2.30. The third kappa shape index (κ3) is 1.34. The summed E-state index contributed by atoms with van der Waals surface area (Å²) in [7, 11) is 0. The first kappa shape index (κ1) is 8.05. The molecule has 1 rings (SSSR count). The van der Waals surface area contributed by atoms with Crippen molar-refractivity contribution in [3.05, 3.63) is 23.0 Å². The Hall–Kier alpha value is -1.05.